The summed E-state index contributed by atoms with van der Waals surface area (Å²) in [5.41, 5.74) is 7.75. The monoisotopic (exact) mass is 310 g/mol. The van der Waals surface area contributed by atoms with E-state index in [4.69, 9.17) is 10.6 Å². The van der Waals surface area contributed by atoms with Gasteiger partial charge in [-0.05, 0) is 49.0 Å². The van der Waals surface area contributed by atoms with Crippen molar-refractivity contribution in [1.82, 2.24) is 5.43 Å². The summed E-state index contributed by atoms with van der Waals surface area (Å²) < 4.78 is 6.57. The van der Waals surface area contributed by atoms with Gasteiger partial charge in [-0.25, -0.2) is 5.43 Å². The summed E-state index contributed by atoms with van der Waals surface area (Å²) in [5.74, 6) is 5.72. The average Bonchev–Trinajstić information content (AvgIpc) is 2.38. The number of aryl methyl sites for hydroxylation is 2. The van der Waals surface area contributed by atoms with Crippen LogP contribution in [0.4, 0.5) is 0 Å². The highest BCUT2D eigenvalue weighted by atomic mass is 79.9. The van der Waals surface area contributed by atoms with Crippen molar-refractivity contribution in [3.63, 3.8) is 0 Å². The zero-order valence-electron chi connectivity index (χ0n) is 10.8. The molecule has 1 heterocycles. The maximum absolute atomic E-state index is 5.72. The number of rotatable bonds is 3. The van der Waals surface area contributed by atoms with Gasteiger partial charge in [-0.1, -0.05) is 28.1 Å². The van der Waals surface area contributed by atoms with Crippen molar-refractivity contribution in [2.75, 3.05) is 6.61 Å². The summed E-state index contributed by atoms with van der Waals surface area (Å²) in [6, 6.07) is 4.37. The number of nitrogens with two attached hydrogens (primary N) is 1. The van der Waals surface area contributed by atoms with Crippen LogP contribution in [-0.4, -0.2) is 6.61 Å². The van der Waals surface area contributed by atoms with Crippen molar-refractivity contribution in [3.8, 4) is 0 Å². The molecule has 1 aromatic rings. The molecule has 0 bridgehead atoms. The predicted molar refractivity (Wildman–Crippen MR) is 76.9 cm³/mol. The van der Waals surface area contributed by atoms with E-state index in [0.717, 1.165) is 23.9 Å². The fraction of sp³-hybridized carbons (Fsp3) is 0.429. The van der Waals surface area contributed by atoms with Gasteiger partial charge in [0.2, 0.25) is 0 Å². The summed E-state index contributed by atoms with van der Waals surface area (Å²) in [6.07, 6.45) is 3.93. The molecule has 0 aromatic heterocycles. The molecule has 0 saturated heterocycles. The second-order valence-corrected chi connectivity index (χ2v) is 5.53. The molecule has 0 aliphatic carbocycles. The molecule has 1 unspecified atom stereocenters. The average molecular weight is 311 g/mol. The lowest BCUT2D eigenvalue weighted by Gasteiger charge is -2.24. The Kier molecular flexibility index (Phi) is 4.43. The van der Waals surface area contributed by atoms with Gasteiger partial charge in [0.1, 0.15) is 0 Å². The van der Waals surface area contributed by atoms with Crippen LogP contribution in [0.1, 0.15) is 35.6 Å². The Morgan fingerprint density at radius 3 is 2.50 bits per heavy atom. The summed E-state index contributed by atoms with van der Waals surface area (Å²) in [6.45, 7) is 5.00. The first-order chi connectivity index (χ1) is 8.63. The van der Waals surface area contributed by atoms with Crippen molar-refractivity contribution in [2.45, 2.75) is 32.7 Å². The van der Waals surface area contributed by atoms with Crippen molar-refractivity contribution < 1.29 is 4.74 Å². The van der Waals surface area contributed by atoms with Crippen LogP contribution >= 0.6 is 15.9 Å². The predicted octanol–water partition coefficient (Wildman–Crippen LogP) is 3.26. The van der Waals surface area contributed by atoms with Crippen molar-refractivity contribution in [3.05, 3.63) is 45.1 Å². The first-order valence-electron chi connectivity index (χ1n) is 6.16. The Bertz CT molecular complexity index is 448. The number of hydrazine groups is 1. The summed E-state index contributed by atoms with van der Waals surface area (Å²) in [5, 5.41) is 0. The van der Waals surface area contributed by atoms with Crippen molar-refractivity contribution in [2.24, 2.45) is 5.84 Å². The van der Waals surface area contributed by atoms with Gasteiger partial charge < -0.3 is 4.74 Å². The van der Waals surface area contributed by atoms with Crippen LogP contribution in [0, 0.1) is 13.8 Å². The van der Waals surface area contributed by atoms with E-state index >= 15 is 0 Å². The molecule has 18 heavy (non-hydrogen) atoms. The minimum atomic E-state index is 0.0378. The molecular weight excluding hydrogens is 292 g/mol. The lowest BCUT2D eigenvalue weighted by atomic mass is 9.93. The van der Waals surface area contributed by atoms with E-state index in [1.807, 2.05) is 6.26 Å². The van der Waals surface area contributed by atoms with Gasteiger partial charge >= 0.3 is 0 Å². The molecule has 1 atom stereocenters. The smallest absolute Gasteiger partial charge is 0.0876 e. The summed E-state index contributed by atoms with van der Waals surface area (Å²) in [4.78, 5) is 0. The molecule has 3 N–H and O–H groups in total. The molecule has 0 radical (unpaired) electrons. The molecule has 3 nitrogen and oxygen atoms in total. The number of hydrogen-bond donors (Lipinski definition) is 2. The second kappa shape index (κ2) is 5.87. The van der Waals surface area contributed by atoms with Crippen LogP contribution in [0.5, 0.6) is 0 Å². The number of ether oxygens (including phenoxy) is 1. The van der Waals surface area contributed by atoms with Gasteiger partial charge in [-0.3, -0.25) is 5.84 Å². The Labute approximate surface area is 116 Å². The second-order valence-electron chi connectivity index (χ2n) is 4.74. The molecule has 1 aliphatic heterocycles. The molecule has 2 rings (SSSR count). The number of nitrogens with one attached hydrogen (secondary N) is 1. The van der Waals surface area contributed by atoms with Gasteiger partial charge in [-0.15, -0.1) is 0 Å². The molecule has 0 saturated carbocycles. The van der Waals surface area contributed by atoms with Crippen LogP contribution < -0.4 is 11.3 Å². The van der Waals surface area contributed by atoms with E-state index in [9.17, 15) is 0 Å². The lowest BCUT2D eigenvalue weighted by molar-refractivity contribution is 0.219. The van der Waals surface area contributed by atoms with E-state index in [-0.39, 0.29) is 6.04 Å². The van der Waals surface area contributed by atoms with Crippen LogP contribution in [0.25, 0.3) is 0 Å². The minimum Gasteiger partial charge on any atom is -0.501 e. The molecule has 1 aliphatic rings. The van der Waals surface area contributed by atoms with Crippen LogP contribution in [-0.2, 0) is 4.74 Å². The topological polar surface area (TPSA) is 47.3 Å². The van der Waals surface area contributed by atoms with Gasteiger partial charge in [0.15, 0.2) is 0 Å². The first kappa shape index (κ1) is 13.6. The standard InChI is InChI=1S/C14H19BrN2O/c1-9-6-12(7-10(2)13(9)15)14(17-16)11-4-3-5-18-8-11/h6-8,14,17H,3-5,16H2,1-2H3. The maximum Gasteiger partial charge on any atom is 0.0876 e. The zero-order chi connectivity index (χ0) is 13.1. The molecule has 1 aromatic carbocycles. The quantitative estimate of drug-likeness (QED) is 0.665. The van der Waals surface area contributed by atoms with E-state index in [1.165, 1.54) is 22.3 Å². The third kappa shape index (κ3) is 2.76. The highest BCUT2D eigenvalue weighted by Gasteiger charge is 2.19. The molecule has 4 heteroatoms. The van der Waals surface area contributed by atoms with Crippen LogP contribution in [0.2, 0.25) is 0 Å². The molecule has 98 valence electrons. The van der Waals surface area contributed by atoms with E-state index in [2.05, 4.69) is 47.3 Å². The van der Waals surface area contributed by atoms with Crippen LogP contribution in [0.3, 0.4) is 0 Å². The largest absolute Gasteiger partial charge is 0.501 e. The van der Waals surface area contributed by atoms with Crippen LogP contribution in [0.15, 0.2) is 28.4 Å². The van der Waals surface area contributed by atoms with E-state index in [0.29, 0.717) is 0 Å². The van der Waals surface area contributed by atoms with E-state index in [1.54, 1.807) is 0 Å². The highest BCUT2D eigenvalue weighted by molar-refractivity contribution is 9.10. The number of hydrogen-bond acceptors (Lipinski definition) is 3. The zero-order valence-corrected chi connectivity index (χ0v) is 12.4. The normalized spacial score (nSPS) is 17.0. The third-order valence-corrected chi connectivity index (χ3v) is 4.54. The summed E-state index contributed by atoms with van der Waals surface area (Å²) in [7, 11) is 0. The maximum atomic E-state index is 5.72. The fourth-order valence-corrected chi connectivity index (χ4v) is 2.59. The van der Waals surface area contributed by atoms with Gasteiger partial charge in [0.25, 0.3) is 0 Å². The lowest BCUT2D eigenvalue weighted by Crippen LogP contribution is -2.30. The Hall–Kier alpha value is -0.840. The number of benzene rings is 1. The Morgan fingerprint density at radius 2 is 2.00 bits per heavy atom. The molecule has 0 amide bonds. The van der Waals surface area contributed by atoms with Crippen molar-refractivity contribution in [1.29, 1.82) is 0 Å². The molecule has 0 spiro atoms. The molecule has 0 fully saturated rings. The Morgan fingerprint density at radius 1 is 1.33 bits per heavy atom. The van der Waals surface area contributed by atoms with Crippen molar-refractivity contribution >= 4 is 15.9 Å². The van der Waals surface area contributed by atoms with Gasteiger partial charge in [0.05, 0.1) is 18.9 Å². The fourth-order valence-electron chi connectivity index (χ4n) is 2.36. The number of halogens is 1. The Balaban J connectivity index is 2.35. The first-order valence-corrected chi connectivity index (χ1v) is 6.96. The van der Waals surface area contributed by atoms with Gasteiger partial charge in [0, 0.05) is 4.47 Å². The van der Waals surface area contributed by atoms with Gasteiger partial charge in [-0.2, -0.15) is 0 Å². The molecular formula is C14H19BrN2O. The minimum absolute atomic E-state index is 0.0378. The summed E-state index contributed by atoms with van der Waals surface area (Å²) >= 11 is 3.59. The van der Waals surface area contributed by atoms with E-state index < -0.39 is 0 Å². The SMILES string of the molecule is Cc1cc(C(NN)C2=COCCC2)cc(C)c1Br. The third-order valence-electron chi connectivity index (χ3n) is 3.29. The highest BCUT2D eigenvalue weighted by Crippen LogP contribution is 2.31.